The summed E-state index contributed by atoms with van der Waals surface area (Å²) in [5, 5.41) is 0. The second kappa shape index (κ2) is 8.41. The first-order valence-electron chi connectivity index (χ1n) is 9.04. The first-order valence-corrected chi connectivity index (χ1v) is 9.04. The lowest BCUT2D eigenvalue weighted by atomic mass is 9.92. The van der Waals surface area contributed by atoms with Crippen LogP contribution in [0, 0.1) is 12.7 Å². The van der Waals surface area contributed by atoms with Crippen LogP contribution in [0.1, 0.15) is 41.3 Å². The number of nitrogens with zero attached hydrogens (tertiary/aromatic N) is 2. The summed E-state index contributed by atoms with van der Waals surface area (Å²) in [6, 6.07) is 10.9. The molecule has 26 heavy (non-hydrogen) atoms. The van der Waals surface area contributed by atoms with Crippen molar-refractivity contribution in [2.45, 2.75) is 32.1 Å². The summed E-state index contributed by atoms with van der Waals surface area (Å²) >= 11 is 0. The number of halogens is 1. The number of carbonyl (C=O) groups excluding carboxylic acids is 1. The highest BCUT2D eigenvalue weighted by Crippen LogP contribution is 2.27. The highest BCUT2D eigenvalue weighted by atomic mass is 19.1. The monoisotopic (exact) mass is 356 g/mol. The molecule has 1 aliphatic heterocycles. The van der Waals surface area contributed by atoms with Gasteiger partial charge < -0.3 is 9.64 Å². The summed E-state index contributed by atoms with van der Waals surface area (Å²) in [6.07, 6.45) is 2.51. The maximum Gasteiger partial charge on any atom is 0.248 e. The largest absolute Gasteiger partial charge is 0.375 e. The minimum absolute atomic E-state index is 0.0245. The maximum atomic E-state index is 14.0. The number of amides is 1. The van der Waals surface area contributed by atoms with Crippen LogP contribution in [0.4, 0.5) is 4.39 Å². The first-order chi connectivity index (χ1) is 12.6. The minimum Gasteiger partial charge on any atom is -0.375 e. The highest BCUT2D eigenvalue weighted by Gasteiger charge is 2.25. The molecule has 5 heteroatoms. The third-order valence-electron chi connectivity index (χ3n) is 4.85. The standard InChI is InChI=1S/C21H25FN2O2/c1-15-10-16(11-17-6-3-4-8-19(17)22)12-20(23-15)18-7-5-9-24(13-18)21(25)14-26-2/h3-4,6,8,10,12,18H,5,7,9,11,13-14H2,1-2H3/t18-/m0/s1. The van der Waals surface area contributed by atoms with E-state index >= 15 is 0 Å². The average Bonchev–Trinajstić information content (AvgIpc) is 2.63. The summed E-state index contributed by atoms with van der Waals surface area (Å²) in [5.41, 5.74) is 3.66. The number of ether oxygens (including phenoxy) is 1. The molecular formula is C21H25FN2O2. The first kappa shape index (κ1) is 18.5. The van der Waals surface area contributed by atoms with Crippen molar-refractivity contribution < 1.29 is 13.9 Å². The van der Waals surface area contributed by atoms with E-state index in [0.717, 1.165) is 36.3 Å². The number of aromatic nitrogens is 1. The van der Waals surface area contributed by atoms with E-state index in [4.69, 9.17) is 9.72 Å². The Hall–Kier alpha value is -2.27. The van der Waals surface area contributed by atoms with Crippen molar-refractivity contribution in [2.75, 3.05) is 26.8 Å². The highest BCUT2D eigenvalue weighted by molar-refractivity contribution is 5.77. The smallest absolute Gasteiger partial charge is 0.248 e. The molecule has 1 aliphatic rings. The molecule has 2 heterocycles. The van der Waals surface area contributed by atoms with E-state index in [1.807, 2.05) is 30.0 Å². The number of likely N-dealkylation sites (tertiary alicyclic amines) is 1. The third-order valence-corrected chi connectivity index (χ3v) is 4.85. The number of hydrogen-bond donors (Lipinski definition) is 0. The molecule has 0 bridgehead atoms. The van der Waals surface area contributed by atoms with Crippen LogP contribution in [-0.4, -0.2) is 42.6 Å². The lowest BCUT2D eigenvalue weighted by molar-refractivity contribution is -0.136. The molecule has 1 fully saturated rings. The molecule has 0 N–H and O–H groups in total. The second-order valence-corrected chi connectivity index (χ2v) is 6.92. The zero-order valence-corrected chi connectivity index (χ0v) is 15.4. The maximum absolute atomic E-state index is 14.0. The number of piperidine rings is 1. The topological polar surface area (TPSA) is 42.4 Å². The molecule has 0 radical (unpaired) electrons. The number of rotatable bonds is 5. The fourth-order valence-corrected chi connectivity index (χ4v) is 3.60. The van der Waals surface area contributed by atoms with Crippen LogP contribution in [-0.2, 0) is 16.0 Å². The van der Waals surface area contributed by atoms with Crippen LogP contribution in [0.15, 0.2) is 36.4 Å². The van der Waals surface area contributed by atoms with E-state index in [-0.39, 0.29) is 24.2 Å². The Kier molecular flexibility index (Phi) is 5.99. The third kappa shape index (κ3) is 4.47. The number of pyridine rings is 1. The summed E-state index contributed by atoms with van der Waals surface area (Å²) in [4.78, 5) is 18.7. The molecule has 2 aromatic rings. The van der Waals surface area contributed by atoms with Crippen LogP contribution in [0.5, 0.6) is 0 Å². The Morgan fingerprint density at radius 2 is 2.15 bits per heavy atom. The molecule has 1 aromatic heterocycles. The Morgan fingerprint density at radius 1 is 1.35 bits per heavy atom. The van der Waals surface area contributed by atoms with E-state index in [1.54, 1.807) is 6.07 Å². The predicted molar refractivity (Wildman–Crippen MR) is 98.6 cm³/mol. The molecule has 1 atom stereocenters. The summed E-state index contributed by atoms with van der Waals surface area (Å²) in [5.74, 6) is 0.0535. The Bertz CT molecular complexity index is 778. The fourth-order valence-electron chi connectivity index (χ4n) is 3.60. The molecule has 138 valence electrons. The predicted octanol–water partition coefficient (Wildman–Crippen LogP) is 3.47. The minimum atomic E-state index is -0.183. The number of aryl methyl sites for hydroxylation is 1. The van der Waals surface area contributed by atoms with Crippen molar-refractivity contribution in [3.05, 3.63) is 64.7 Å². The van der Waals surface area contributed by atoms with E-state index in [9.17, 15) is 9.18 Å². The van der Waals surface area contributed by atoms with Gasteiger partial charge >= 0.3 is 0 Å². The SMILES string of the molecule is COCC(=O)N1CCC[C@H](c2cc(Cc3ccccc3F)cc(C)n2)C1. The number of carbonyl (C=O) groups is 1. The zero-order chi connectivity index (χ0) is 18.5. The van der Waals surface area contributed by atoms with Crippen LogP contribution in [0.25, 0.3) is 0 Å². The van der Waals surface area contributed by atoms with Gasteiger partial charge in [-0.15, -0.1) is 0 Å². The number of hydrogen-bond acceptors (Lipinski definition) is 3. The van der Waals surface area contributed by atoms with Gasteiger partial charge in [0.05, 0.1) is 0 Å². The average molecular weight is 356 g/mol. The Balaban J connectivity index is 1.79. The van der Waals surface area contributed by atoms with Gasteiger partial charge in [0.25, 0.3) is 0 Å². The molecule has 4 nitrogen and oxygen atoms in total. The van der Waals surface area contributed by atoms with Gasteiger partial charge in [0.2, 0.25) is 5.91 Å². The molecule has 0 unspecified atom stereocenters. The van der Waals surface area contributed by atoms with Gasteiger partial charge in [-0.05, 0) is 49.1 Å². The van der Waals surface area contributed by atoms with Crippen molar-refractivity contribution in [3.63, 3.8) is 0 Å². The molecule has 1 saturated heterocycles. The van der Waals surface area contributed by atoms with Crippen LogP contribution in [0.2, 0.25) is 0 Å². The molecular weight excluding hydrogens is 331 g/mol. The normalized spacial score (nSPS) is 17.3. The van der Waals surface area contributed by atoms with Gasteiger partial charge in [0, 0.05) is 43.9 Å². The van der Waals surface area contributed by atoms with Crippen LogP contribution < -0.4 is 0 Å². The summed E-state index contributed by atoms with van der Waals surface area (Å²) in [7, 11) is 1.54. The van der Waals surface area contributed by atoms with Crippen LogP contribution >= 0.6 is 0 Å². The Labute approximate surface area is 154 Å². The fraction of sp³-hybridized carbons (Fsp3) is 0.429. The van der Waals surface area contributed by atoms with Gasteiger partial charge in [0.15, 0.2) is 0 Å². The van der Waals surface area contributed by atoms with E-state index < -0.39 is 0 Å². The molecule has 0 saturated carbocycles. The van der Waals surface area contributed by atoms with E-state index in [0.29, 0.717) is 18.5 Å². The number of methoxy groups -OCH3 is 1. The molecule has 1 amide bonds. The summed E-state index contributed by atoms with van der Waals surface area (Å²) < 4.78 is 18.9. The van der Waals surface area contributed by atoms with Gasteiger partial charge in [-0.25, -0.2) is 4.39 Å². The van der Waals surface area contributed by atoms with Crippen LogP contribution in [0.3, 0.4) is 0 Å². The van der Waals surface area contributed by atoms with Crippen molar-refractivity contribution >= 4 is 5.91 Å². The van der Waals surface area contributed by atoms with E-state index in [1.165, 1.54) is 13.2 Å². The molecule has 0 aliphatic carbocycles. The lowest BCUT2D eigenvalue weighted by Gasteiger charge is -2.32. The lowest BCUT2D eigenvalue weighted by Crippen LogP contribution is -2.41. The Morgan fingerprint density at radius 3 is 2.92 bits per heavy atom. The van der Waals surface area contributed by atoms with Crippen molar-refractivity contribution in [1.82, 2.24) is 9.88 Å². The van der Waals surface area contributed by atoms with Crippen molar-refractivity contribution in [1.29, 1.82) is 0 Å². The van der Waals surface area contributed by atoms with Gasteiger partial charge in [0.1, 0.15) is 12.4 Å². The van der Waals surface area contributed by atoms with Gasteiger partial charge in [-0.3, -0.25) is 9.78 Å². The number of benzene rings is 1. The van der Waals surface area contributed by atoms with Crippen molar-refractivity contribution in [2.24, 2.45) is 0 Å². The summed E-state index contributed by atoms with van der Waals surface area (Å²) in [6.45, 7) is 3.52. The van der Waals surface area contributed by atoms with E-state index in [2.05, 4.69) is 6.07 Å². The molecule has 3 rings (SSSR count). The second-order valence-electron chi connectivity index (χ2n) is 6.92. The van der Waals surface area contributed by atoms with Crippen molar-refractivity contribution in [3.8, 4) is 0 Å². The zero-order valence-electron chi connectivity index (χ0n) is 15.4. The van der Waals surface area contributed by atoms with Gasteiger partial charge in [-0.1, -0.05) is 18.2 Å². The quantitative estimate of drug-likeness (QED) is 0.824. The molecule has 0 spiro atoms. The molecule has 1 aromatic carbocycles. The van der Waals surface area contributed by atoms with Gasteiger partial charge in [-0.2, -0.15) is 0 Å².